The van der Waals surface area contributed by atoms with Crippen molar-refractivity contribution in [1.29, 1.82) is 0 Å². The van der Waals surface area contributed by atoms with E-state index in [4.69, 9.17) is 4.74 Å². The molecule has 0 atom stereocenters. The van der Waals surface area contributed by atoms with Crippen LogP contribution in [0.3, 0.4) is 0 Å². The minimum absolute atomic E-state index is 0.200. The first-order valence-electron chi connectivity index (χ1n) is 6.18. The second-order valence-electron chi connectivity index (χ2n) is 5.28. The van der Waals surface area contributed by atoms with Crippen molar-refractivity contribution < 1.29 is 9.53 Å². The Labute approximate surface area is 101 Å². The minimum atomic E-state index is 0.200. The number of carbonyl (C=O) groups excluding carboxylic acids is 1. The maximum atomic E-state index is 11.2. The van der Waals surface area contributed by atoms with Crippen LogP contribution in [0.15, 0.2) is 30.3 Å². The summed E-state index contributed by atoms with van der Waals surface area (Å²) >= 11 is 0. The molecule has 1 aromatic carbocycles. The van der Waals surface area contributed by atoms with Gasteiger partial charge in [0.05, 0.1) is 12.7 Å². The Morgan fingerprint density at radius 3 is 2.71 bits per heavy atom. The zero-order valence-electron chi connectivity index (χ0n) is 9.82. The van der Waals surface area contributed by atoms with Crippen LogP contribution in [0.2, 0.25) is 0 Å². The van der Waals surface area contributed by atoms with Crippen molar-refractivity contribution in [1.82, 2.24) is 5.32 Å². The lowest BCUT2D eigenvalue weighted by Gasteiger charge is -2.43. The molecule has 3 heteroatoms. The molecule has 1 aliphatic carbocycles. The second-order valence-corrected chi connectivity index (χ2v) is 5.28. The van der Waals surface area contributed by atoms with Gasteiger partial charge in [-0.3, -0.25) is 4.79 Å². The molecule has 90 valence electrons. The van der Waals surface area contributed by atoms with E-state index >= 15 is 0 Å². The standard InChI is InChI=1S/C14H17NO2/c16-13-8-14(10-15-13)6-12(7-14)17-9-11-4-2-1-3-5-11/h1-5,12H,6-10H2,(H,15,16). The zero-order valence-corrected chi connectivity index (χ0v) is 9.82. The molecule has 1 saturated heterocycles. The summed E-state index contributed by atoms with van der Waals surface area (Å²) in [4.78, 5) is 11.2. The molecule has 3 nitrogen and oxygen atoms in total. The lowest BCUT2D eigenvalue weighted by atomic mass is 9.66. The van der Waals surface area contributed by atoms with E-state index in [1.165, 1.54) is 5.56 Å². The van der Waals surface area contributed by atoms with Gasteiger partial charge in [0.1, 0.15) is 0 Å². The van der Waals surface area contributed by atoms with Crippen LogP contribution in [-0.4, -0.2) is 18.6 Å². The summed E-state index contributed by atoms with van der Waals surface area (Å²) in [6, 6.07) is 10.2. The van der Waals surface area contributed by atoms with Gasteiger partial charge in [-0.2, -0.15) is 0 Å². The molecule has 0 aromatic heterocycles. The third-order valence-corrected chi connectivity index (χ3v) is 3.85. The molecule has 3 rings (SSSR count). The SMILES string of the molecule is O=C1CC2(CN1)CC(OCc1ccccc1)C2. The van der Waals surface area contributed by atoms with Gasteiger partial charge in [-0.15, -0.1) is 0 Å². The number of amides is 1. The highest BCUT2D eigenvalue weighted by Crippen LogP contribution is 2.47. The van der Waals surface area contributed by atoms with Crippen molar-refractivity contribution in [3.63, 3.8) is 0 Å². The average molecular weight is 231 g/mol. The molecule has 1 spiro atoms. The molecule has 0 bridgehead atoms. The Morgan fingerprint density at radius 2 is 2.06 bits per heavy atom. The molecule has 1 heterocycles. The van der Waals surface area contributed by atoms with Gasteiger partial charge in [0.2, 0.25) is 5.91 Å². The highest BCUT2D eigenvalue weighted by molar-refractivity contribution is 5.79. The number of nitrogens with one attached hydrogen (secondary N) is 1. The number of carbonyl (C=O) groups is 1. The van der Waals surface area contributed by atoms with Crippen LogP contribution in [-0.2, 0) is 16.1 Å². The van der Waals surface area contributed by atoms with Gasteiger partial charge in [-0.05, 0) is 18.4 Å². The Balaban J connectivity index is 1.46. The van der Waals surface area contributed by atoms with Crippen LogP contribution in [0.5, 0.6) is 0 Å². The largest absolute Gasteiger partial charge is 0.373 e. The van der Waals surface area contributed by atoms with E-state index in [0.29, 0.717) is 19.1 Å². The summed E-state index contributed by atoms with van der Waals surface area (Å²) in [6.07, 6.45) is 3.08. The molecule has 0 radical (unpaired) electrons. The van der Waals surface area contributed by atoms with Crippen molar-refractivity contribution in [2.75, 3.05) is 6.54 Å². The van der Waals surface area contributed by atoms with Crippen molar-refractivity contribution in [2.45, 2.75) is 32.0 Å². The van der Waals surface area contributed by atoms with Gasteiger partial charge in [0.25, 0.3) is 0 Å². The van der Waals surface area contributed by atoms with Crippen LogP contribution < -0.4 is 5.32 Å². The first-order valence-corrected chi connectivity index (χ1v) is 6.18. The van der Waals surface area contributed by atoms with Gasteiger partial charge in [-0.25, -0.2) is 0 Å². The molecular formula is C14H17NO2. The quantitative estimate of drug-likeness (QED) is 0.862. The molecule has 1 amide bonds. The molecule has 1 saturated carbocycles. The van der Waals surface area contributed by atoms with Crippen LogP contribution in [0.4, 0.5) is 0 Å². The maximum absolute atomic E-state index is 11.2. The fourth-order valence-corrected chi connectivity index (χ4v) is 2.85. The minimum Gasteiger partial charge on any atom is -0.373 e. The Hall–Kier alpha value is -1.35. The Morgan fingerprint density at radius 1 is 1.29 bits per heavy atom. The van der Waals surface area contributed by atoms with E-state index in [9.17, 15) is 4.79 Å². The van der Waals surface area contributed by atoms with E-state index in [1.54, 1.807) is 0 Å². The monoisotopic (exact) mass is 231 g/mol. The van der Waals surface area contributed by atoms with Gasteiger partial charge in [0, 0.05) is 18.4 Å². The topological polar surface area (TPSA) is 38.3 Å². The first-order chi connectivity index (χ1) is 8.26. The third kappa shape index (κ3) is 2.20. The fourth-order valence-electron chi connectivity index (χ4n) is 2.85. The smallest absolute Gasteiger partial charge is 0.220 e. The summed E-state index contributed by atoms with van der Waals surface area (Å²) in [6.45, 7) is 1.53. The van der Waals surface area contributed by atoms with Crippen molar-refractivity contribution in [3.05, 3.63) is 35.9 Å². The van der Waals surface area contributed by atoms with Crippen LogP contribution in [0, 0.1) is 5.41 Å². The van der Waals surface area contributed by atoms with Gasteiger partial charge < -0.3 is 10.1 Å². The van der Waals surface area contributed by atoms with E-state index < -0.39 is 0 Å². The molecular weight excluding hydrogens is 214 g/mol. The molecule has 1 aliphatic heterocycles. The molecule has 1 aromatic rings. The number of hydrogen-bond donors (Lipinski definition) is 1. The molecule has 0 unspecified atom stereocenters. The number of ether oxygens (including phenoxy) is 1. The van der Waals surface area contributed by atoms with E-state index in [-0.39, 0.29) is 11.3 Å². The van der Waals surface area contributed by atoms with Gasteiger partial charge in [0.15, 0.2) is 0 Å². The molecule has 2 fully saturated rings. The normalized spacial score (nSPS) is 31.3. The average Bonchev–Trinajstić information content (AvgIpc) is 2.69. The van der Waals surface area contributed by atoms with E-state index in [1.807, 2.05) is 18.2 Å². The predicted octanol–water partition coefficient (Wildman–Crippen LogP) is 1.87. The summed E-state index contributed by atoms with van der Waals surface area (Å²) in [7, 11) is 0. The van der Waals surface area contributed by atoms with Crippen LogP contribution >= 0.6 is 0 Å². The highest BCUT2D eigenvalue weighted by atomic mass is 16.5. The van der Waals surface area contributed by atoms with Crippen molar-refractivity contribution in [3.8, 4) is 0 Å². The third-order valence-electron chi connectivity index (χ3n) is 3.85. The lowest BCUT2D eigenvalue weighted by Crippen LogP contribution is -2.43. The Kier molecular flexibility index (Phi) is 2.63. The molecule has 1 N–H and O–H groups in total. The highest BCUT2D eigenvalue weighted by Gasteiger charge is 2.49. The number of benzene rings is 1. The van der Waals surface area contributed by atoms with Crippen LogP contribution in [0.25, 0.3) is 0 Å². The van der Waals surface area contributed by atoms with Gasteiger partial charge in [-0.1, -0.05) is 30.3 Å². The predicted molar refractivity (Wildman–Crippen MR) is 64.3 cm³/mol. The maximum Gasteiger partial charge on any atom is 0.220 e. The first kappa shape index (κ1) is 10.8. The number of hydrogen-bond acceptors (Lipinski definition) is 2. The van der Waals surface area contributed by atoms with E-state index in [0.717, 1.165) is 19.4 Å². The molecule has 17 heavy (non-hydrogen) atoms. The summed E-state index contributed by atoms with van der Waals surface area (Å²) in [5, 5.41) is 2.91. The zero-order chi connectivity index (χ0) is 11.7. The van der Waals surface area contributed by atoms with E-state index in [2.05, 4.69) is 17.4 Å². The summed E-state index contributed by atoms with van der Waals surface area (Å²) in [5.74, 6) is 0.200. The van der Waals surface area contributed by atoms with Crippen LogP contribution in [0.1, 0.15) is 24.8 Å². The van der Waals surface area contributed by atoms with Gasteiger partial charge >= 0.3 is 0 Å². The fraction of sp³-hybridized carbons (Fsp3) is 0.500. The lowest BCUT2D eigenvalue weighted by molar-refractivity contribution is -0.122. The number of rotatable bonds is 3. The summed E-state index contributed by atoms with van der Waals surface area (Å²) in [5.41, 5.74) is 1.44. The van der Waals surface area contributed by atoms with Crippen molar-refractivity contribution in [2.24, 2.45) is 5.41 Å². The Bertz CT molecular complexity index is 409. The second kappa shape index (κ2) is 4.15. The molecule has 2 aliphatic rings. The summed E-state index contributed by atoms with van der Waals surface area (Å²) < 4.78 is 5.85. The van der Waals surface area contributed by atoms with Crippen molar-refractivity contribution >= 4 is 5.91 Å².